The molecular weight excluding hydrogens is 184 g/mol. The van der Waals surface area contributed by atoms with Gasteiger partial charge in [0.25, 0.3) is 0 Å². The maximum atomic E-state index is 6.13. The van der Waals surface area contributed by atoms with Gasteiger partial charge in [-0.2, -0.15) is 0 Å². The van der Waals surface area contributed by atoms with Gasteiger partial charge in [-0.25, -0.2) is 0 Å². The van der Waals surface area contributed by atoms with Crippen molar-refractivity contribution in [1.29, 1.82) is 0 Å². The summed E-state index contributed by atoms with van der Waals surface area (Å²) in [5, 5.41) is 0. The van der Waals surface area contributed by atoms with Crippen LogP contribution in [0.15, 0.2) is 18.5 Å². The summed E-state index contributed by atoms with van der Waals surface area (Å²) in [7, 11) is 0. The molecule has 1 aromatic rings. The molecule has 0 aliphatic rings. The molecule has 2 nitrogen and oxygen atoms in total. The summed E-state index contributed by atoms with van der Waals surface area (Å²) >= 11 is 0. The van der Waals surface area contributed by atoms with Crippen LogP contribution < -0.4 is 5.73 Å². The monoisotopic (exact) mass is 206 g/mol. The zero-order chi connectivity index (χ0) is 11.5. The van der Waals surface area contributed by atoms with E-state index < -0.39 is 0 Å². The van der Waals surface area contributed by atoms with Gasteiger partial charge in [-0.05, 0) is 36.3 Å². The zero-order valence-electron chi connectivity index (χ0n) is 10.2. The summed E-state index contributed by atoms with van der Waals surface area (Å²) in [6.45, 7) is 8.78. The average molecular weight is 206 g/mol. The smallest absolute Gasteiger partial charge is 0.0315 e. The molecule has 1 unspecified atom stereocenters. The Morgan fingerprint density at radius 3 is 2.53 bits per heavy atom. The topological polar surface area (TPSA) is 38.9 Å². The quantitative estimate of drug-likeness (QED) is 0.824. The van der Waals surface area contributed by atoms with E-state index in [0.29, 0.717) is 5.41 Å². The highest BCUT2D eigenvalue weighted by Crippen LogP contribution is 2.25. The Kier molecular flexibility index (Phi) is 3.86. The molecule has 2 heteroatoms. The molecule has 0 fully saturated rings. The second-order valence-electron chi connectivity index (χ2n) is 5.50. The minimum atomic E-state index is 0.122. The van der Waals surface area contributed by atoms with Gasteiger partial charge in [-0.15, -0.1) is 0 Å². The number of rotatable bonds is 3. The summed E-state index contributed by atoms with van der Waals surface area (Å²) < 4.78 is 0. The summed E-state index contributed by atoms with van der Waals surface area (Å²) in [5.41, 5.74) is 8.82. The van der Waals surface area contributed by atoms with Crippen LogP contribution in [0.1, 0.15) is 50.8 Å². The first-order valence-electron chi connectivity index (χ1n) is 5.55. The van der Waals surface area contributed by atoms with Crippen molar-refractivity contribution in [3.8, 4) is 0 Å². The van der Waals surface area contributed by atoms with Gasteiger partial charge < -0.3 is 5.73 Å². The first kappa shape index (κ1) is 12.2. The molecule has 0 aliphatic carbocycles. The molecular formula is C13H22N2. The molecule has 0 aliphatic heterocycles. The second kappa shape index (κ2) is 4.75. The van der Waals surface area contributed by atoms with Gasteiger partial charge in [0.2, 0.25) is 0 Å². The number of aromatic nitrogens is 1. The molecule has 2 N–H and O–H groups in total. The van der Waals surface area contributed by atoms with E-state index in [1.165, 1.54) is 5.56 Å². The van der Waals surface area contributed by atoms with Crippen LogP contribution in [-0.4, -0.2) is 4.98 Å². The highest BCUT2D eigenvalue weighted by atomic mass is 14.7. The highest BCUT2D eigenvalue weighted by molar-refractivity contribution is 5.19. The standard InChI is InChI=1S/C13H22N2/c1-10-7-11(9-15-8-10)12(14)5-6-13(2,3)4/h7-9,12H,5-6,14H2,1-4H3. The van der Waals surface area contributed by atoms with Gasteiger partial charge >= 0.3 is 0 Å². The van der Waals surface area contributed by atoms with Gasteiger partial charge in [0.1, 0.15) is 0 Å². The van der Waals surface area contributed by atoms with Crippen molar-refractivity contribution in [1.82, 2.24) is 4.98 Å². The number of nitrogens with two attached hydrogens (primary N) is 1. The fraction of sp³-hybridized carbons (Fsp3) is 0.615. The normalized spacial score (nSPS) is 13.9. The third-order valence-electron chi connectivity index (χ3n) is 2.53. The maximum Gasteiger partial charge on any atom is 0.0315 e. The van der Waals surface area contributed by atoms with Crippen LogP contribution in [0.4, 0.5) is 0 Å². The van der Waals surface area contributed by atoms with Crippen LogP contribution in [0.5, 0.6) is 0 Å². The van der Waals surface area contributed by atoms with E-state index in [2.05, 4.69) is 31.8 Å². The molecule has 0 saturated heterocycles. The third-order valence-corrected chi connectivity index (χ3v) is 2.53. The van der Waals surface area contributed by atoms with E-state index in [0.717, 1.165) is 18.4 Å². The number of hydrogen-bond acceptors (Lipinski definition) is 2. The molecule has 0 saturated carbocycles. The lowest BCUT2D eigenvalue weighted by Gasteiger charge is -2.21. The molecule has 1 rings (SSSR count). The van der Waals surface area contributed by atoms with Crippen LogP contribution >= 0.6 is 0 Å². The van der Waals surface area contributed by atoms with Crippen molar-refractivity contribution in [3.63, 3.8) is 0 Å². The van der Waals surface area contributed by atoms with E-state index >= 15 is 0 Å². The van der Waals surface area contributed by atoms with Gasteiger partial charge in [-0.3, -0.25) is 4.98 Å². The number of aryl methyl sites for hydroxylation is 1. The Hall–Kier alpha value is -0.890. The van der Waals surface area contributed by atoms with Crippen molar-refractivity contribution >= 4 is 0 Å². The third kappa shape index (κ3) is 4.43. The fourth-order valence-electron chi connectivity index (χ4n) is 1.54. The highest BCUT2D eigenvalue weighted by Gasteiger charge is 2.14. The van der Waals surface area contributed by atoms with Crippen LogP contribution in [0.3, 0.4) is 0 Å². The lowest BCUT2D eigenvalue weighted by molar-refractivity contribution is 0.349. The summed E-state index contributed by atoms with van der Waals surface area (Å²) in [6.07, 6.45) is 5.90. The van der Waals surface area contributed by atoms with E-state index in [9.17, 15) is 0 Å². The van der Waals surface area contributed by atoms with Gasteiger partial charge in [0.15, 0.2) is 0 Å². The Balaban J connectivity index is 2.58. The van der Waals surface area contributed by atoms with Crippen molar-refractivity contribution in [2.24, 2.45) is 11.1 Å². The SMILES string of the molecule is Cc1cncc(C(N)CCC(C)(C)C)c1. The fourth-order valence-corrected chi connectivity index (χ4v) is 1.54. The first-order chi connectivity index (χ1) is 6.88. The average Bonchev–Trinajstić information content (AvgIpc) is 2.13. The molecule has 84 valence electrons. The second-order valence-corrected chi connectivity index (χ2v) is 5.50. The Labute approximate surface area is 92.9 Å². The molecule has 0 aromatic carbocycles. The predicted molar refractivity (Wildman–Crippen MR) is 64.6 cm³/mol. The van der Waals surface area contributed by atoms with Gasteiger partial charge in [0.05, 0.1) is 0 Å². The first-order valence-corrected chi connectivity index (χ1v) is 5.55. The molecule has 1 aromatic heterocycles. The van der Waals surface area contributed by atoms with E-state index in [4.69, 9.17) is 5.73 Å². The van der Waals surface area contributed by atoms with Crippen LogP contribution in [0.25, 0.3) is 0 Å². The largest absolute Gasteiger partial charge is 0.324 e. The Bertz CT molecular complexity index is 313. The molecule has 1 atom stereocenters. The summed E-state index contributed by atoms with van der Waals surface area (Å²) in [4.78, 5) is 4.17. The van der Waals surface area contributed by atoms with Crippen LogP contribution in [0, 0.1) is 12.3 Å². The molecule has 0 bridgehead atoms. The van der Waals surface area contributed by atoms with Crippen molar-refractivity contribution in [2.45, 2.75) is 46.6 Å². The minimum absolute atomic E-state index is 0.122. The van der Waals surface area contributed by atoms with E-state index in [1.807, 2.05) is 19.3 Å². The molecule has 1 heterocycles. The Morgan fingerprint density at radius 1 is 1.33 bits per heavy atom. The Morgan fingerprint density at radius 2 is 2.00 bits per heavy atom. The molecule has 15 heavy (non-hydrogen) atoms. The van der Waals surface area contributed by atoms with E-state index in [1.54, 1.807) is 0 Å². The summed E-state index contributed by atoms with van der Waals surface area (Å²) in [6, 6.07) is 2.25. The number of nitrogens with zero attached hydrogens (tertiary/aromatic N) is 1. The minimum Gasteiger partial charge on any atom is -0.324 e. The van der Waals surface area contributed by atoms with Gasteiger partial charge in [0, 0.05) is 18.4 Å². The molecule has 0 spiro atoms. The number of pyridine rings is 1. The summed E-state index contributed by atoms with van der Waals surface area (Å²) in [5.74, 6) is 0. The lowest BCUT2D eigenvalue weighted by atomic mass is 9.87. The predicted octanol–water partition coefficient (Wildman–Crippen LogP) is 3.22. The molecule has 0 radical (unpaired) electrons. The van der Waals surface area contributed by atoms with Gasteiger partial charge in [-0.1, -0.05) is 26.8 Å². The van der Waals surface area contributed by atoms with Crippen LogP contribution in [-0.2, 0) is 0 Å². The van der Waals surface area contributed by atoms with E-state index in [-0.39, 0.29) is 6.04 Å². The lowest BCUT2D eigenvalue weighted by Crippen LogP contribution is -2.15. The van der Waals surface area contributed by atoms with Crippen molar-refractivity contribution in [3.05, 3.63) is 29.6 Å². The maximum absolute atomic E-state index is 6.13. The molecule has 0 amide bonds. The van der Waals surface area contributed by atoms with Crippen LogP contribution in [0.2, 0.25) is 0 Å². The van der Waals surface area contributed by atoms with Crippen molar-refractivity contribution < 1.29 is 0 Å². The number of hydrogen-bond donors (Lipinski definition) is 1. The zero-order valence-corrected chi connectivity index (χ0v) is 10.2. The van der Waals surface area contributed by atoms with Crippen molar-refractivity contribution in [2.75, 3.05) is 0 Å².